The molecule has 0 bridgehead atoms. The summed E-state index contributed by atoms with van der Waals surface area (Å²) in [6.45, 7) is 4.54. The Balaban J connectivity index is -0.0000180. The maximum Gasteiger partial charge on any atom is 1.00 e. The fraction of sp³-hybridized carbons (Fsp3) is 0.962. The molecule has 2 atom stereocenters. The molecule has 0 aliphatic carbocycles. The van der Waals surface area contributed by atoms with Crippen LogP contribution in [0.2, 0.25) is 0 Å². The molecule has 0 amide bonds. The number of aliphatic carboxylic acids is 2. The van der Waals surface area contributed by atoms with Crippen LogP contribution >= 0.6 is 0 Å². The normalized spacial score (nSPS) is 13.0. The predicted octanol–water partition coefficient (Wildman–Crippen LogP) is 9.11. The number of carbonyl (C=O) groups is 2. The van der Waals surface area contributed by atoms with Crippen molar-refractivity contribution in [2.75, 3.05) is 0 Å². The Morgan fingerprint density at radius 1 is 0.397 bits per heavy atom. The average molecular weight is 897 g/mol. The number of hydrogen-bond acceptors (Lipinski definition) is 6. The van der Waals surface area contributed by atoms with Gasteiger partial charge in [-0.3, -0.25) is 4.55 Å². The van der Waals surface area contributed by atoms with Crippen molar-refractivity contribution in [3.63, 3.8) is 0 Å². The molecular formula is C53H102Li2O7S. The Kier molecular flexibility index (Phi) is 53.4. The summed E-state index contributed by atoms with van der Waals surface area (Å²) in [4.78, 5) is 24.2. The van der Waals surface area contributed by atoms with Gasteiger partial charge in [-0.1, -0.05) is 296 Å². The van der Waals surface area contributed by atoms with Crippen molar-refractivity contribution in [1.29, 1.82) is 0 Å². The van der Waals surface area contributed by atoms with Crippen LogP contribution in [-0.4, -0.2) is 29.7 Å². The molecule has 0 heterocycles. The molecular weight excluding hydrogens is 795 g/mol. The van der Waals surface area contributed by atoms with E-state index < -0.39 is 39.1 Å². The summed E-state index contributed by atoms with van der Waals surface area (Å²) < 4.78 is 33.1. The van der Waals surface area contributed by atoms with Crippen LogP contribution in [-0.2, 0) is 19.7 Å². The molecule has 7 nitrogen and oxygen atoms in total. The zero-order chi connectivity index (χ0) is 45.0. The fourth-order valence-corrected chi connectivity index (χ4v) is 10.9. The number of carbonyl (C=O) groups excluding carboxylic acids is 2. The van der Waals surface area contributed by atoms with Crippen molar-refractivity contribution >= 4 is 22.1 Å². The molecule has 0 aliphatic heterocycles. The van der Waals surface area contributed by atoms with Crippen LogP contribution in [0.25, 0.3) is 0 Å². The van der Waals surface area contributed by atoms with Gasteiger partial charge >= 0.3 is 37.7 Å². The summed E-state index contributed by atoms with van der Waals surface area (Å²) in [6.07, 6.45) is 53.2. The van der Waals surface area contributed by atoms with Crippen LogP contribution < -0.4 is 47.9 Å². The number of carboxylic acids is 2. The van der Waals surface area contributed by atoms with E-state index in [2.05, 4.69) is 13.8 Å². The maximum absolute atomic E-state index is 12.7. The SMILES string of the molecule is CCCCCCCCCCCCCCCCCCCCCCCCC(CC(=O)[O-])C(CCCCCCCCCCCCCCCCCCCCCCCC)(C(=O)[O-])S(=O)(=O)O.[Li+].[Li+]. The first kappa shape index (κ1) is 67.3. The van der Waals surface area contributed by atoms with E-state index in [0.29, 0.717) is 12.8 Å². The van der Waals surface area contributed by atoms with Gasteiger partial charge in [-0.05, 0) is 25.2 Å². The number of unbranched alkanes of at least 4 members (excludes halogenated alkanes) is 42. The smallest absolute Gasteiger partial charge is 0.550 e. The Hall–Kier alpha value is 0.0448. The summed E-state index contributed by atoms with van der Waals surface area (Å²) >= 11 is 0. The third-order valence-electron chi connectivity index (χ3n) is 13.7. The summed E-state index contributed by atoms with van der Waals surface area (Å²) in [6, 6.07) is 0. The first-order chi connectivity index (χ1) is 29.6. The molecule has 63 heavy (non-hydrogen) atoms. The number of rotatable bonds is 51. The van der Waals surface area contributed by atoms with Gasteiger partial charge in [0.15, 0.2) is 0 Å². The van der Waals surface area contributed by atoms with Gasteiger partial charge in [-0.25, -0.2) is 0 Å². The zero-order valence-electron chi connectivity index (χ0n) is 42.6. The topological polar surface area (TPSA) is 135 Å². The van der Waals surface area contributed by atoms with Crippen molar-refractivity contribution in [3.05, 3.63) is 0 Å². The van der Waals surface area contributed by atoms with Gasteiger partial charge in [0.2, 0.25) is 0 Å². The quantitative estimate of drug-likeness (QED) is 0.0366. The second-order valence-electron chi connectivity index (χ2n) is 19.3. The molecule has 1 N–H and O–H groups in total. The van der Waals surface area contributed by atoms with E-state index in [4.69, 9.17) is 0 Å². The third-order valence-corrected chi connectivity index (χ3v) is 15.3. The van der Waals surface area contributed by atoms with Crippen LogP contribution in [0, 0.1) is 5.92 Å². The van der Waals surface area contributed by atoms with Gasteiger partial charge in [-0.2, -0.15) is 8.42 Å². The maximum atomic E-state index is 12.7. The molecule has 0 aromatic carbocycles. The van der Waals surface area contributed by atoms with Gasteiger partial charge in [-0.15, -0.1) is 0 Å². The van der Waals surface area contributed by atoms with Gasteiger partial charge in [0.25, 0.3) is 10.1 Å². The Morgan fingerprint density at radius 3 is 0.794 bits per heavy atom. The van der Waals surface area contributed by atoms with E-state index in [9.17, 15) is 32.8 Å². The molecule has 2 unspecified atom stereocenters. The van der Waals surface area contributed by atoms with Gasteiger partial charge < -0.3 is 19.8 Å². The van der Waals surface area contributed by atoms with E-state index in [-0.39, 0.29) is 57.0 Å². The molecule has 0 saturated heterocycles. The molecule has 0 aliphatic rings. The Morgan fingerprint density at radius 2 is 0.603 bits per heavy atom. The molecule has 0 aromatic rings. The molecule has 0 spiro atoms. The van der Waals surface area contributed by atoms with Gasteiger partial charge in [0.05, 0.1) is 5.97 Å². The van der Waals surface area contributed by atoms with Crippen LogP contribution in [0.3, 0.4) is 0 Å². The summed E-state index contributed by atoms with van der Waals surface area (Å²) in [7, 11) is -5.13. The third kappa shape index (κ3) is 40.8. The van der Waals surface area contributed by atoms with Crippen molar-refractivity contribution in [2.24, 2.45) is 5.92 Å². The second-order valence-corrected chi connectivity index (χ2v) is 21.0. The van der Waals surface area contributed by atoms with E-state index in [1.165, 1.54) is 218 Å². The van der Waals surface area contributed by atoms with E-state index in [1.54, 1.807) is 0 Å². The molecule has 0 rings (SSSR count). The Bertz CT molecular complexity index is 1080. The van der Waals surface area contributed by atoms with Crippen molar-refractivity contribution in [3.8, 4) is 0 Å². The number of carboxylic acid groups (broad SMARTS) is 2. The van der Waals surface area contributed by atoms with Crippen molar-refractivity contribution in [2.45, 2.75) is 320 Å². The van der Waals surface area contributed by atoms with Gasteiger partial charge in [0.1, 0.15) is 4.75 Å². The standard InChI is InChI=1S/C53H104O7S.2Li/c1-3-5-7-9-11-13-15-17-19-21-23-25-27-29-31-33-35-37-39-41-43-45-47-50(49-51(54)55)53(52(56)57,61(58,59)60)48-46-44-42-40-38-36-34-32-30-28-26-24-22-20-18-16-14-12-10-8-6-4-2;;/h50H,3-49H2,1-2H3,(H,54,55)(H,56,57)(H,58,59,60);;/q;2*+1/p-2. The second kappa shape index (κ2) is 49.9. The van der Waals surface area contributed by atoms with Crippen LogP contribution in [0.1, 0.15) is 316 Å². The Labute approximate surface area is 416 Å². The number of hydrogen-bond donors (Lipinski definition) is 1. The zero-order valence-corrected chi connectivity index (χ0v) is 43.4. The van der Waals surface area contributed by atoms with Crippen molar-refractivity contribution in [1.82, 2.24) is 0 Å². The average Bonchev–Trinajstić information content (AvgIpc) is 3.22. The van der Waals surface area contributed by atoms with E-state index in [1.807, 2.05) is 0 Å². The van der Waals surface area contributed by atoms with Gasteiger partial charge in [0, 0.05) is 5.97 Å². The molecule has 0 saturated carbocycles. The van der Waals surface area contributed by atoms with E-state index >= 15 is 0 Å². The van der Waals surface area contributed by atoms with E-state index in [0.717, 1.165) is 44.9 Å². The molecule has 10 heteroatoms. The summed E-state index contributed by atoms with van der Waals surface area (Å²) in [5, 5.41) is 24.2. The van der Waals surface area contributed by atoms with Crippen LogP contribution in [0.5, 0.6) is 0 Å². The predicted molar refractivity (Wildman–Crippen MR) is 256 cm³/mol. The summed E-state index contributed by atoms with van der Waals surface area (Å²) in [5.74, 6) is -4.70. The fourth-order valence-electron chi connectivity index (χ4n) is 9.61. The van der Waals surface area contributed by atoms with Crippen LogP contribution in [0.15, 0.2) is 0 Å². The summed E-state index contributed by atoms with van der Waals surface area (Å²) in [5.41, 5.74) is 0. The largest absolute Gasteiger partial charge is 1.00 e. The minimum Gasteiger partial charge on any atom is -0.550 e. The van der Waals surface area contributed by atoms with Crippen LogP contribution in [0.4, 0.5) is 0 Å². The monoisotopic (exact) mass is 897 g/mol. The first-order valence-corrected chi connectivity index (χ1v) is 28.5. The molecule has 0 fully saturated rings. The first-order valence-electron chi connectivity index (χ1n) is 27.0. The molecule has 364 valence electrons. The molecule has 0 aromatic heterocycles. The minimum atomic E-state index is -5.13. The molecule has 0 radical (unpaired) electrons. The van der Waals surface area contributed by atoms with Crippen molar-refractivity contribution < 1.29 is 70.5 Å². The minimum absolute atomic E-state index is 0.